The van der Waals surface area contributed by atoms with E-state index in [9.17, 15) is 67.5 Å². The zero-order valence-corrected chi connectivity index (χ0v) is 44.2. The number of anilines is 3. The van der Waals surface area contributed by atoms with Gasteiger partial charge in [0.15, 0.2) is 41.4 Å². The van der Waals surface area contributed by atoms with Crippen LogP contribution in [-0.4, -0.2) is 177 Å². The van der Waals surface area contributed by atoms with Crippen LogP contribution in [0.5, 0.6) is 0 Å². The number of rotatable bonds is 21. The summed E-state index contributed by atoms with van der Waals surface area (Å²) in [6, 6.07) is 0. The van der Waals surface area contributed by atoms with Crippen molar-refractivity contribution in [3.63, 3.8) is 0 Å². The topological polar surface area (TPSA) is 571 Å². The van der Waals surface area contributed by atoms with Crippen LogP contribution in [0.3, 0.4) is 0 Å². The molecule has 79 heavy (non-hydrogen) atoms. The third-order valence-electron chi connectivity index (χ3n) is 12.3. The summed E-state index contributed by atoms with van der Waals surface area (Å²) in [5, 5.41) is 35.6. The molecule has 0 bridgehead atoms. The standard InChI is InChI=1S/C35H48N16O24P4/c1-12(52)39-4-13-14(70-31(20(13)53)51-11-48(2)19-28(51)45-35(38)47-30(19)57)5-68-77(60,61)74-79(64,65)75-78(62,63)69-7-16-23(24(66-3)33(72-16)49-9-42-17-25(36)40-8-41-26(17)49)73-76(58,59)67-6-15-21(54)22(55)32(71-15)50-10-43-18-27(50)44-34(37)46-29(18)56/h8-11,13-16,20-24,31-33,53-55H,4-7H2,1-3H3,(H12-,36,37,38,39,40,41,44,45,46,47,52,56,57,58,59,60,61,62,63,64,65)/p+1/t13-,14-,15-,16-,20-,21-,22-,23-,24-,31-,32-,33-/m1/s1. The van der Waals surface area contributed by atoms with Crippen LogP contribution < -0.4 is 38.2 Å². The van der Waals surface area contributed by atoms with E-state index < -0.39 is 142 Å². The number of nitrogens with two attached hydrogens (primary N) is 3. The van der Waals surface area contributed by atoms with E-state index in [0.717, 1.165) is 37.6 Å². The molecule has 40 nitrogen and oxygen atoms in total. The van der Waals surface area contributed by atoms with Gasteiger partial charge < -0.3 is 76.4 Å². The normalized spacial score (nSPS) is 29.4. The number of ether oxygens (including phenoxy) is 4. The minimum Gasteiger partial charge on any atom is -0.387 e. The van der Waals surface area contributed by atoms with Gasteiger partial charge in [-0.3, -0.25) is 56.1 Å². The summed E-state index contributed by atoms with van der Waals surface area (Å²) in [6.07, 6.45) is -13.3. The number of aromatic amines is 2. The SMILES string of the molecule is CO[C@@H]1[C@H](OP(=O)(O)OC[C@H]2O[C@@H](n3cnc4c(=O)[nH]c(N)nc43)[C@H](O)[C@@H]2O)[C@@H](COP(=O)(O)OP(=O)(O)OP(=O)(O)OC[C@H]2O[C@@H]([n+]3cn(C)c4c(=O)[nH]c(N)nc43)[C@H](O)[C@@H]2CNC(C)=O)O[C@H]1n1cnc2c(N)ncnc21. The Kier molecular flexibility index (Phi) is 16.2. The number of hydrogen-bond acceptors (Lipinski definition) is 29. The predicted octanol–water partition coefficient (Wildman–Crippen LogP) is -4.32. The molecule has 0 saturated carbocycles. The molecular formula is C35H49N16O24P4+. The predicted molar refractivity (Wildman–Crippen MR) is 255 cm³/mol. The Morgan fingerprint density at radius 1 is 0.734 bits per heavy atom. The van der Waals surface area contributed by atoms with Crippen LogP contribution in [0.2, 0.25) is 0 Å². The Morgan fingerprint density at radius 2 is 1.33 bits per heavy atom. The molecule has 3 aliphatic rings. The Hall–Kier alpha value is -5.64. The van der Waals surface area contributed by atoms with Crippen molar-refractivity contribution < 1.29 is 108 Å². The first-order valence-electron chi connectivity index (χ1n) is 22.6. The molecule has 3 fully saturated rings. The fourth-order valence-corrected chi connectivity index (χ4v) is 13.4. The molecule has 0 aromatic carbocycles. The highest BCUT2D eigenvalue weighted by atomic mass is 31.3. The number of phosphoric acid groups is 4. The summed E-state index contributed by atoms with van der Waals surface area (Å²) < 4.78 is 110. The minimum absolute atomic E-state index is 0.00199. The second-order valence-corrected chi connectivity index (χ2v) is 23.6. The average Bonchev–Trinajstić information content (AvgIpc) is 4.35. The summed E-state index contributed by atoms with van der Waals surface area (Å²) >= 11 is 0. The molecule has 3 saturated heterocycles. The molecule has 44 heteroatoms. The smallest absolute Gasteiger partial charge is 0.387 e. The number of nitrogen functional groups attached to an aromatic ring is 3. The number of aliphatic hydroxyl groups is 3. The summed E-state index contributed by atoms with van der Waals surface area (Å²) in [7, 11) is -21.0. The van der Waals surface area contributed by atoms with Crippen LogP contribution >= 0.6 is 31.3 Å². The van der Waals surface area contributed by atoms with Gasteiger partial charge in [0.2, 0.25) is 23.6 Å². The molecule has 0 radical (unpaired) electrons. The number of H-pyrrole nitrogens is 2. The van der Waals surface area contributed by atoms with Gasteiger partial charge in [0.05, 0.1) is 45.6 Å². The van der Waals surface area contributed by atoms with Gasteiger partial charge in [-0.2, -0.15) is 13.6 Å². The number of carbonyl (C=O) groups is 1. The third-order valence-corrected chi connectivity index (χ3v) is 17.6. The third kappa shape index (κ3) is 12.1. The average molecular weight is 1200 g/mol. The van der Waals surface area contributed by atoms with Crippen LogP contribution in [0, 0.1) is 5.92 Å². The summed E-state index contributed by atoms with van der Waals surface area (Å²) in [6.45, 7) is -2.48. The molecule has 16 atom stereocenters. The van der Waals surface area contributed by atoms with E-state index in [-0.39, 0.29) is 57.8 Å². The molecular weight excluding hydrogens is 1150 g/mol. The highest BCUT2D eigenvalue weighted by Gasteiger charge is 2.54. The van der Waals surface area contributed by atoms with Crippen LogP contribution in [-0.2, 0) is 75.8 Å². The lowest BCUT2D eigenvalue weighted by Gasteiger charge is -2.26. The number of methoxy groups -OCH3 is 1. The lowest BCUT2D eigenvalue weighted by molar-refractivity contribution is -0.745. The molecule has 4 unspecified atom stereocenters. The van der Waals surface area contributed by atoms with Crippen LogP contribution in [0.4, 0.5) is 17.7 Å². The van der Waals surface area contributed by atoms with Gasteiger partial charge in [-0.05, 0) is 0 Å². The number of hydrogen-bond donors (Lipinski definition) is 13. The molecule has 16 N–H and O–H groups in total. The molecule has 0 aliphatic carbocycles. The fourth-order valence-electron chi connectivity index (χ4n) is 8.89. The quantitative estimate of drug-likeness (QED) is 0.0239. The Bertz CT molecular complexity index is 3620. The van der Waals surface area contributed by atoms with E-state index >= 15 is 0 Å². The summed E-state index contributed by atoms with van der Waals surface area (Å²) in [5.74, 6) is -2.43. The highest BCUT2D eigenvalue weighted by molar-refractivity contribution is 7.66. The number of amides is 1. The van der Waals surface area contributed by atoms with Crippen LogP contribution in [0.25, 0.3) is 33.5 Å². The van der Waals surface area contributed by atoms with E-state index in [1.165, 1.54) is 27.1 Å². The molecule has 1 amide bonds. The zero-order valence-electron chi connectivity index (χ0n) is 40.6. The maximum Gasteiger partial charge on any atom is 0.490 e. The largest absolute Gasteiger partial charge is 0.490 e. The van der Waals surface area contributed by atoms with E-state index in [2.05, 4.69) is 53.8 Å². The van der Waals surface area contributed by atoms with Gasteiger partial charge in [0, 0.05) is 26.5 Å². The number of imidazole rings is 3. The van der Waals surface area contributed by atoms with Crippen molar-refractivity contribution in [1.82, 2.24) is 58.9 Å². The van der Waals surface area contributed by atoms with E-state index in [4.69, 9.17) is 54.2 Å². The number of phosphoric ester groups is 3. The highest BCUT2D eigenvalue weighted by Crippen LogP contribution is 2.68. The van der Waals surface area contributed by atoms with Crippen molar-refractivity contribution in [2.75, 3.05) is 50.7 Å². The van der Waals surface area contributed by atoms with Crippen molar-refractivity contribution >= 4 is 88.4 Å². The number of aliphatic hydroxyl groups excluding tert-OH is 3. The number of nitrogens with one attached hydrogen (secondary N) is 3. The second kappa shape index (κ2) is 22.0. The molecule has 9 rings (SSSR count). The van der Waals surface area contributed by atoms with Crippen molar-refractivity contribution in [3.05, 3.63) is 46.0 Å². The molecule has 432 valence electrons. The van der Waals surface area contributed by atoms with Crippen molar-refractivity contribution in [1.29, 1.82) is 0 Å². The summed E-state index contributed by atoms with van der Waals surface area (Å²) in [5.41, 5.74) is 15.6. The molecule has 6 aromatic rings. The Morgan fingerprint density at radius 3 is 2.00 bits per heavy atom. The van der Waals surface area contributed by atoms with Gasteiger partial charge in [0.25, 0.3) is 17.1 Å². The van der Waals surface area contributed by atoms with Crippen molar-refractivity contribution in [2.24, 2.45) is 13.0 Å². The van der Waals surface area contributed by atoms with Crippen molar-refractivity contribution in [2.45, 2.75) is 74.4 Å². The maximum absolute atomic E-state index is 13.7. The molecule has 0 spiro atoms. The number of carbonyl (C=O) groups excluding carboxylic acids is 1. The van der Waals surface area contributed by atoms with Gasteiger partial charge in [0.1, 0.15) is 54.6 Å². The van der Waals surface area contributed by atoms with Crippen molar-refractivity contribution in [3.8, 4) is 0 Å². The number of aromatic nitrogens is 12. The van der Waals surface area contributed by atoms with Crippen LogP contribution in [0.1, 0.15) is 25.6 Å². The fraction of sp³-hybridized carbons (Fsp3) is 0.543. The number of nitrogens with zero attached hydrogens (tertiary/aromatic N) is 10. The maximum atomic E-state index is 13.7. The van der Waals surface area contributed by atoms with Crippen LogP contribution in [0.15, 0.2) is 34.9 Å². The first kappa shape index (κ1) is 58.0. The van der Waals surface area contributed by atoms with Gasteiger partial charge >= 0.3 is 36.9 Å². The first-order valence-corrected chi connectivity index (χ1v) is 28.6. The number of fused-ring (bicyclic) bond motifs is 3. The van der Waals surface area contributed by atoms with E-state index in [1.54, 1.807) is 0 Å². The zero-order chi connectivity index (χ0) is 57.3. The Balaban J connectivity index is 0.874. The molecule has 6 aromatic heterocycles. The lowest BCUT2D eigenvalue weighted by Crippen LogP contribution is -2.46. The molecule has 3 aliphatic heterocycles. The number of aryl methyl sites for hydroxylation is 1. The summed E-state index contributed by atoms with van der Waals surface area (Å²) in [4.78, 5) is 108. The van der Waals surface area contributed by atoms with Gasteiger partial charge in [-0.25, -0.2) is 42.8 Å². The van der Waals surface area contributed by atoms with E-state index in [1.807, 2.05) is 0 Å². The minimum atomic E-state index is -6.22. The first-order chi connectivity index (χ1) is 37.1. The monoisotopic (exact) mass is 1200 g/mol. The van der Waals surface area contributed by atoms with Gasteiger partial charge in [-0.1, -0.05) is 4.98 Å². The Labute approximate surface area is 438 Å². The molecule has 9 heterocycles. The second-order valence-electron chi connectivity index (χ2n) is 17.6. The van der Waals surface area contributed by atoms with E-state index in [0.29, 0.717) is 0 Å². The van der Waals surface area contributed by atoms with Gasteiger partial charge in [-0.15, -0.1) is 0 Å². The lowest BCUT2D eigenvalue weighted by atomic mass is 9.98.